The van der Waals surface area contributed by atoms with E-state index in [4.69, 9.17) is 18.9 Å². The molecule has 0 aliphatic carbocycles. The Balaban J connectivity index is 1.15. The molecule has 0 amide bonds. The highest BCUT2D eigenvalue weighted by Gasteiger charge is 2.35. The SMILES string of the molecule is O=C(C=Cc1ccc(Oc2cc3c4cc2-c2cc(c(cc2Oc2ccc(C=CC(=O)c5ccccc5)cc2)C(=O)OC3=O)C(=O)OC4=O)cc1)c1ccccc1. The van der Waals surface area contributed by atoms with Gasteiger partial charge in [0, 0.05) is 22.3 Å². The highest BCUT2D eigenvalue weighted by Crippen LogP contribution is 2.45. The van der Waals surface area contributed by atoms with E-state index in [9.17, 15) is 28.8 Å². The fourth-order valence-electron chi connectivity index (χ4n) is 6.10. The number of fused-ring (bicyclic) bond motifs is 5. The lowest BCUT2D eigenvalue weighted by Crippen LogP contribution is -2.23. The number of hydrogen-bond acceptors (Lipinski definition) is 10. The van der Waals surface area contributed by atoms with Crippen LogP contribution in [0.2, 0.25) is 0 Å². The number of carbonyl (C=O) groups is 6. The van der Waals surface area contributed by atoms with E-state index >= 15 is 0 Å². The van der Waals surface area contributed by atoms with Gasteiger partial charge in [-0.2, -0.15) is 0 Å². The first kappa shape index (κ1) is 35.1. The van der Waals surface area contributed by atoms with Crippen LogP contribution in [-0.2, 0) is 9.47 Å². The van der Waals surface area contributed by atoms with Crippen molar-refractivity contribution < 1.29 is 47.7 Å². The molecular formula is C46H26O10. The maximum absolute atomic E-state index is 13.4. The number of cyclic esters (lactones) is 2. The van der Waals surface area contributed by atoms with E-state index in [1.165, 1.54) is 36.4 Å². The second-order valence-electron chi connectivity index (χ2n) is 12.6. The van der Waals surface area contributed by atoms with Crippen molar-refractivity contribution in [3.05, 3.63) is 190 Å². The topological polar surface area (TPSA) is 139 Å². The standard InChI is InChI=1S/C46H26O10/c47-39(29-7-3-1-4-8-29)21-15-27-11-17-31(18-12-27)53-41-25-37-35-23-33(41)34-24-36(44(50)55-43(35)49)38(46(52)56-45(37)51)26-42(34)54-32-19-13-28(14-20-32)16-22-40(48)30-9-5-2-6-10-30/h1-26H. The Morgan fingerprint density at radius 2 is 0.750 bits per heavy atom. The summed E-state index contributed by atoms with van der Waals surface area (Å²) in [6.07, 6.45) is 6.25. The first-order chi connectivity index (χ1) is 27.2. The minimum absolute atomic E-state index is 0.0619. The summed E-state index contributed by atoms with van der Waals surface area (Å²) < 4.78 is 22.9. The van der Waals surface area contributed by atoms with Crippen LogP contribution in [0.3, 0.4) is 0 Å². The molecule has 4 bridgehead atoms. The van der Waals surface area contributed by atoms with Gasteiger partial charge < -0.3 is 18.9 Å². The summed E-state index contributed by atoms with van der Waals surface area (Å²) in [7, 11) is 0. The molecule has 0 saturated carbocycles. The zero-order chi connectivity index (χ0) is 38.8. The minimum atomic E-state index is -1.16. The summed E-state index contributed by atoms with van der Waals surface area (Å²) in [4.78, 5) is 78.5. The predicted octanol–water partition coefficient (Wildman–Crippen LogP) is 9.35. The number of hydrogen-bond donors (Lipinski definition) is 0. The van der Waals surface area contributed by atoms with Gasteiger partial charge in [-0.1, -0.05) is 97.1 Å². The number of rotatable bonds is 10. The first-order valence-electron chi connectivity index (χ1n) is 17.2. The molecule has 8 rings (SSSR count). The summed E-state index contributed by atoms with van der Waals surface area (Å²) >= 11 is 0. The van der Waals surface area contributed by atoms with Crippen molar-refractivity contribution >= 4 is 47.6 Å². The fraction of sp³-hybridized carbons (Fsp3) is 0. The van der Waals surface area contributed by atoms with Crippen molar-refractivity contribution in [2.24, 2.45) is 0 Å². The molecule has 6 aromatic rings. The quantitative estimate of drug-likeness (QED) is 0.0578. The molecule has 10 nitrogen and oxygen atoms in total. The number of ether oxygens (including phenoxy) is 4. The summed E-state index contributed by atoms with van der Waals surface area (Å²) in [5.41, 5.74) is 1.59. The van der Waals surface area contributed by atoms with Gasteiger partial charge in [0.1, 0.15) is 23.0 Å². The molecule has 0 atom stereocenters. The molecule has 0 radical (unpaired) electrons. The normalized spacial score (nSPS) is 13.1. The van der Waals surface area contributed by atoms with E-state index in [0.29, 0.717) is 33.8 Å². The zero-order valence-corrected chi connectivity index (χ0v) is 29.1. The van der Waals surface area contributed by atoms with E-state index in [1.807, 2.05) is 12.1 Å². The molecule has 0 aromatic heterocycles. The summed E-state index contributed by atoms with van der Waals surface area (Å²) in [6.45, 7) is 0. The van der Waals surface area contributed by atoms with Gasteiger partial charge >= 0.3 is 23.9 Å². The highest BCUT2D eigenvalue weighted by molar-refractivity contribution is 6.17. The second kappa shape index (κ2) is 14.8. The molecule has 270 valence electrons. The Morgan fingerprint density at radius 1 is 0.411 bits per heavy atom. The lowest BCUT2D eigenvalue weighted by atomic mass is 9.95. The van der Waals surface area contributed by atoms with E-state index in [-0.39, 0.29) is 56.4 Å². The number of benzene rings is 6. The minimum Gasteiger partial charge on any atom is -0.457 e. The van der Waals surface area contributed by atoms with E-state index < -0.39 is 23.9 Å². The molecule has 0 fully saturated rings. The summed E-state index contributed by atoms with van der Waals surface area (Å²) in [5, 5.41) is 0. The van der Waals surface area contributed by atoms with E-state index in [1.54, 1.807) is 109 Å². The van der Waals surface area contributed by atoms with Crippen molar-refractivity contribution in [2.45, 2.75) is 0 Å². The van der Waals surface area contributed by atoms with Crippen LogP contribution in [0.4, 0.5) is 0 Å². The average Bonchev–Trinajstić information content (AvgIpc) is 3.23. The molecule has 6 aromatic carbocycles. The zero-order valence-electron chi connectivity index (χ0n) is 29.1. The number of carbonyl (C=O) groups excluding carboxylic acids is 6. The molecule has 0 N–H and O–H groups in total. The molecule has 2 aliphatic rings. The van der Waals surface area contributed by atoms with Gasteiger partial charge in [-0.25, -0.2) is 19.2 Å². The van der Waals surface area contributed by atoms with E-state index in [2.05, 4.69) is 0 Å². The van der Waals surface area contributed by atoms with Gasteiger partial charge in [-0.15, -0.1) is 0 Å². The number of ketones is 2. The average molecular weight is 739 g/mol. The molecular weight excluding hydrogens is 712 g/mol. The molecule has 2 aliphatic heterocycles. The third-order valence-electron chi connectivity index (χ3n) is 8.97. The molecule has 56 heavy (non-hydrogen) atoms. The molecule has 0 saturated heterocycles. The van der Waals surface area contributed by atoms with Crippen LogP contribution in [0.15, 0.2) is 146 Å². The smallest absolute Gasteiger partial charge is 0.347 e. The van der Waals surface area contributed by atoms with Gasteiger partial charge in [0.2, 0.25) is 0 Å². The van der Waals surface area contributed by atoms with Crippen molar-refractivity contribution in [1.29, 1.82) is 0 Å². The predicted molar refractivity (Wildman–Crippen MR) is 204 cm³/mol. The largest absolute Gasteiger partial charge is 0.457 e. The molecule has 0 spiro atoms. The van der Waals surface area contributed by atoms with Gasteiger partial charge in [0.15, 0.2) is 11.6 Å². The Hall–Kier alpha value is -7.98. The maximum atomic E-state index is 13.4. The fourth-order valence-corrected chi connectivity index (χ4v) is 6.10. The van der Waals surface area contributed by atoms with Crippen LogP contribution < -0.4 is 9.47 Å². The Morgan fingerprint density at radius 3 is 1.11 bits per heavy atom. The Kier molecular flexibility index (Phi) is 9.27. The summed E-state index contributed by atoms with van der Waals surface area (Å²) in [6, 6.07) is 36.3. The second-order valence-corrected chi connectivity index (χ2v) is 12.6. The first-order valence-corrected chi connectivity index (χ1v) is 17.2. The molecule has 0 unspecified atom stereocenters. The lowest BCUT2D eigenvalue weighted by Gasteiger charge is -2.17. The van der Waals surface area contributed by atoms with Crippen molar-refractivity contribution in [1.82, 2.24) is 0 Å². The van der Waals surface area contributed by atoms with Crippen LogP contribution in [0, 0.1) is 0 Å². The van der Waals surface area contributed by atoms with Crippen LogP contribution in [0.25, 0.3) is 23.3 Å². The maximum Gasteiger partial charge on any atom is 0.347 e. The highest BCUT2D eigenvalue weighted by atomic mass is 16.6. The molecule has 10 heteroatoms. The molecule has 2 heterocycles. The summed E-state index contributed by atoms with van der Waals surface area (Å²) in [5.74, 6) is -4.15. The van der Waals surface area contributed by atoms with Crippen molar-refractivity contribution in [3.8, 4) is 34.1 Å². The van der Waals surface area contributed by atoms with Gasteiger partial charge in [0.05, 0.1) is 22.3 Å². The van der Waals surface area contributed by atoms with Crippen LogP contribution in [0.5, 0.6) is 23.0 Å². The Bertz CT molecular complexity index is 2470. The third-order valence-corrected chi connectivity index (χ3v) is 8.97. The lowest BCUT2D eigenvalue weighted by molar-refractivity contribution is 0.0334. The van der Waals surface area contributed by atoms with Crippen LogP contribution >= 0.6 is 0 Å². The van der Waals surface area contributed by atoms with Gasteiger partial charge in [0.25, 0.3) is 0 Å². The monoisotopic (exact) mass is 738 g/mol. The van der Waals surface area contributed by atoms with Crippen molar-refractivity contribution in [3.63, 3.8) is 0 Å². The van der Waals surface area contributed by atoms with Crippen molar-refractivity contribution in [2.75, 3.05) is 0 Å². The number of esters is 4. The van der Waals surface area contributed by atoms with Gasteiger partial charge in [-0.3, -0.25) is 9.59 Å². The third kappa shape index (κ3) is 7.17. The van der Waals surface area contributed by atoms with E-state index in [0.717, 1.165) is 0 Å². The van der Waals surface area contributed by atoms with Crippen LogP contribution in [-0.4, -0.2) is 35.4 Å². The number of allylic oxidation sites excluding steroid dienone is 2. The van der Waals surface area contributed by atoms with Crippen LogP contribution in [0.1, 0.15) is 73.3 Å². The van der Waals surface area contributed by atoms with Gasteiger partial charge in [-0.05, 0) is 71.8 Å². The Labute approximate surface area is 318 Å².